The van der Waals surface area contributed by atoms with Crippen LogP contribution in [0.2, 0.25) is 5.02 Å². The fraction of sp³-hybridized carbons (Fsp3) is 0.294. The second-order valence-electron chi connectivity index (χ2n) is 5.92. The van der Waals surface area contributed by atoms with E-state index in [2.05, 4.69) is 0 Å². The third-order valence-corrected chi connectivity index (χ3v) is 6.41. The van der Waals surface area contributed by atoms with Gasteiger partial charge in [-0.15, -0.1) is 0 Å². The number of rotatable bonds is 5. The maximum Gasteiger partial charge on any atom is 0.312 e. The Balaban J connectivity index is 1.95. The standard InChI is InChI=1S/C17H17ClN2O6S/c1-12-10-13(2-4-15(12)18)26-17-5-3-14(11-16(17)20(21)22)27(23,24)19-6-8-25-9-7-19/h2-5,10-11H,6-9H2,1H3. The molecule has 0 N–H and O–H groups in total. The number of sulfonamides is 1. The molecule has 0 radical (unpaired) electrons. The number of hydrogen-bond donors (Lipinski definition) is 0. The second-order valence-corrected chi connectivity index (χ2v) is 8.26. The van der Waals surface area contributed by atoms with Crippen molar-refractivity contribution < 1.29 is 22.8 Å². The monoisotopic (exact) mass is 412 g/mol. The van der Waals surface area contributed by atoms with Gasteiger partial charge in [0, 0.05) is 24.2 Å². The number of nitro benzene ring substituents is 1. The number of hydrogen-bond acceptors (Lipinski definition) is 6. The zero-order valence-corrected chi connectivity index (χ0v) is 16.0. The van der Waals surface area contributed by atoms with Crippen LogP contribution in [0.1, 0.15) is 5.56 Å². The third-order valence-electron chi connectivity index (χ3n) is 4.09. The average molecular weight is 413 g/mol. The lowest BCUT2D eigenvalue weighted by atomic mass is 10.2. The summed E-state index contributed by atoms with van der Waals surface area (Å²) < 4.78 is 37.4. The van der Waals surface area contributed by atoms with Crippen molar-refractivity contribution in [3.8, 4) is 11.5 Å². The SMILES string of the molecule is Cc1cc(Oc2ccc(S(=O)(=O)N3CCOCC3)cc2[N+](=O)[O-])ccc1Cl. The van der Waals surface area contributed by atoms with Gasteiger partial charge in [-0.3, -0.25) is 10.1 Å². The minimum Gasteiger partial charge on any atom is -0.450 e. The fourth-order valence-electron chi connectivity index (χ4n) is 2.63. The minimum absolute atomic E-state index is 0.0531. The fourth-order valence-corrected chi connectivity index (χ4v) is 4.18. The van der Waals surface area contributed by atoms with Crippen LogP contribution < -0.4 is 4.74 Å². The Morgan fingerprint density at radius 2 is 1.89 bits per heavy atom. The van der Waals surface area contributed by atoms with Gasteiger partial charge in [-0.05, 0) is 42.8 Å². The molecule has 0 aliphatic carbocycles. The summed E-state index contributed by atoms with van der Waals surface area (Å²) in [6.45, 7) is 2.77. The molecule has 1 saturated heterocycles. The van der Waals surface area contributed by atoms with Gasteiger partial charge in [0.2, 0.25) is 15.8 Å². The largest absolute Gasteiger partial charge is 0.450 e. The van der Waals surface area contributed by atoms with Crippen molar-refractivity contribution in [1.82, 2.24) is 4.31 Å². The summed E-state index contributed by atoms with van der Waals surface area (Å²) in [5, 5.41) is 12.0. The lowest BCUT2D eigenvalue weighted by molar-refractivity contribution is -0.385. The van der Waals surface area contributed by atoms with Crippen LogP contribution in [-0.4, -0.2) is 43.9 Å². The van der Waals surface area contributed by atoms with Gasteiger partial charge in [0.1, 0.15) is 5.75 Å². The van der Waals surface area contributed by atoms with Crippen molar-refractivity contribution in [2.75, 3.05) is 26.3 Å². The van der Waals surface area contributed by atoms with Crippen molar-refractivity contribution in [3.05, 3.63) is 57.1 Å². The first-order valence-corrected chi connectivity index (χ1v) is 9.91. The highest BCUT2D eigenvalue weighted by Gasteiger charge is 2.29. The van der Waals surface area contributed by atoms with E-state index >= 15 is 0 Å². The first kappa shape index (κ1) is 19.6. The molecule has 1 fully saturated rings. The smallest absolute Gasteiger partial charge is 0.312 e. The maximum absolute atomic E-state index is 12.7. The molecule has 1 heterocycles. The van der Waals surface area contributed by atoms with E-state index in [1.54, 1.807) is 25.1 Å². The summed E-state index contributed by atoms with van der Waals surface area (Å²) in [6, 6.07) is 8.45. The van der Waals surface area contributed by atoms with E-state index < -0.39 is 20.6 Å². The number of morpholine rings is 1. The summed E-state index contributed by atoms with van der Waals surface area (Å²) in [7, 11) is -3.84. The Kier molecular flexibility index (Phi) is 5.66. The molecule has 1 aliphatic rings. The molecule has 0 spiro atoms. The molecule has 10 heteroatoms. The van der Waals surface area contributed by atoms with E-state index in [-0.39, 0.29) is 23.7 Å². The van der Waals surface area contributed by atoms with Crippen LogP contribution in [0, 0.1) is 17.0 Å². The number of nitro groups is 1. The highest BCUT2D eigenvalue weighted by molar-refractivity contribution is 7.89. The van der Waals surface area contributed by atoms with Crippen LogP contribution in [0.4, 0.5) is 5.69 Å². The Bertz CT molecular complexity index is 973. The summed E-state index contributed by atoms with van der Waals surface area (Å²) in [5.41, 5.74) is 0.320. The van der Waals surface area contributed by atoms with Gasteiger partial charge in [0.05, 0.1) is 23.0 Å². The predicted molar refractivity (Wildman–Crippen MR) is 98.9 cm³/mol. The minimum atomic E-state index is -3.84. The van der Waals surface area contributed by atoms with Crippen molar-refractivity contribution in [3.63, 3.8) is 0 Å². The number of benzene rings is 2. The number of aryl methyl sites for hydroxylation is 1. The van der Waals surface area contributed by atoms with Crippen molar-refractivity contribution in [2.45, 2.75) is 11.8 Å². The normalized spacial score (nSPS) is 15.5. The van der Waals surface area contributed by atoms with Crippen LogP contribution in [0.25, 0.3) is 0 Å². The molecule has 0 amide bonds. The first-order valence-electron chi connectivity index (χ1n) is 8.09. The van der Waals surface area contributed by atoms with Crippen molar-refractivity contribution in [2.24, 2.45) is 0 Å². The van der Waals surface area contributed by atoms with Crippen LogP contribution in [0.5, 0.6) is 11.5 Å². The van der Waals surface area contributed by atoms with E-state index in [4.69, 9.17) is 21.1 Å². The zero-order chi connectivity index (χ0) is 19.6. The van der Waals surface area contributed by atoms with E-state index in [9.17, 15) is 18.5 Å². The Hall–Kier alpha value is -2.20. The lowest BCUT2D eigenvalue weighted by Gasteiger charge is -2.26. The van der Waals surface area contributed by atoms with E-state index in [0.717, 1.165) is 11.6 Å². The van der Waals surface area contributed by atoms with E-state index in [1.165, 1.54) is 16.4 Å². The Labute approximate surface area is 161 Å². The van der Waals surface area contributed by atoms with Gasteiger partial charge in [-0.2, -0.15) is 4.31 Å². The van der Waals surface area contributed by atoms with Gasteiger partial charge < -0.3 is 9.47 Å². The number of nitrogens with zero attached hydrogens (tertiary/aromatic N) is 2. The van der Waals surface area contributed by atoms with Crippen LogP contribution in [0.15, 0.2) is 41.3 Å². The molecule has 144 valence electrons. The molecule has 0 aromatic heterocycles. The van der Waals surface area contributed by atoms with E-state index in [0.29, 0.717) is 24.0 Å². The molecule has 27 heavy (non-hydrogen) atoms. The van der Waals surface area contributed by atoms with Gasteiger partial charge in [0.15, 0.2) is 0 Å². The highest BCUT2D eigenvalue weighted by atomic mass is 35.5. The predicted octanol–water partition coefficient (Wildman–Crippen LogP) is 3.37. The summed E-state index contributed by atoms with van der Waals surface area (Å²) in [6.07, 6.45) is 0. The first-order chi connectivity index (χ1) is 12.8. The zero-order valence-electron chi connectivity index (χ0n) is 14.4. The molecule has 2 aromatic rings. The molecule has 0 atom stereocenters. The van der Waals surface area contributed by atoms with Crippen molar-refractivity contribution >= 4 is 27.3 Å². The quantitative estimate of drug-likeness (QED) is 0.551. The highest BCUT2D eigenvalue weighted by Crippen LogP contribution is 2.35. The molecular weight excluding hydrogens is 396 g/mol. The number of ether oxygens (including phenoxy) is 2. The van der Waals surface area contributed by atoms with Crippen LogP contribution >= 0.6 is 11.6 Å². The molecule has 0 bridgehead atoms. The maximum atomic E-state index is 12.7. The number of halogens is 1. The molecular formula is C17H17ClN2O6S. The molecule has 2 aromatic carbocycles. The van der Waals surface area contributed by atoms with Crippen molar-refractivity contribution in [1.29, 1.82) is 0 Å². The molecule has 1 aliphatic heterocycles. The third kappa shape index (κ3) is 4.22. The Morgan fingerprint density at radius 1 is 1.19 bits per heavy atom. The topological polar surface area (TPSA) is 99.0 Å². The average Bonchev–Trinajstić information content (AvgIpc) is 2.65. The lowest BCUT2D eigenvalue weighted by Crippen LogP contribution is -2.40. The van der Waals surface area contributed by atoms with Gasteiger partial charge in [-0.25, -0.2) is 8.42 Å². The summed E-state index contributed by atoms with van der Waals surface area (Å²) in [5.74, 6) is 0.312. The molecule has 0 saturated carbocycles. The summed E-state index contributed by atoms with van der Waals surface area (Å²) in [4.78, 5) is 10.6. The molecule has 0 unspecified atom stereocenters. The van der Waals surface area contributed by atoms with Crippen LogP contribution in [-0.2, 0) is 14.8 Å². The second kappa shape index (κ2) is 7.81. The van der Waals surface area contributed by atoms with Gasteiger partial charge in [-0.1, -0.05) is 11.6 Å². The summed E-state index contributed by atoms with van der Waals surface area (Å²) >= 11 is 5.97. The Morgan fingerprint density at radius 3 is 2.52 bits per heavy atom. The molecule has 3 rings (SSSR count). The van der Waals surface area contributed by atoms with Gasteiger partial charge >= 0.3 is 5.69 Å². The molecule has 8 nitrogen and oxygen atoms in total. The van der Waals surface area contributed by atoms with Crippen LogP contribution in [0.3, 0.4) is 0 Å². The van der Waals surface area contributed by atoms with Gasteiger partial charge in [0.25, 0.3) is 0 Å². The van der Waals surface area contributed by atoms with E-state index in [1.807, 2.05) is 0 Å².